The number of aromatic nitrogens is 1. The monoisotopic (exact) mass is 401 g/mol. The highest BCUT2D eigenvalue weighted by molar-refractivity contribution is 6.01. The van der Waals surface area contributed by atoms with Gasteiger partial charge in [0.1, 0.15) is 5.82 Å². The summed E-state index contributed by atoms with van der Waals surface area (Å²) in [5, 5.41) is 2.14. The van der Waals surface area contributed by atoms with Gasteiger partial charge in [-0.2, -0.15) is 0 Å². The number of rotatable bonds is 2. The molecular weight excluding hydrogens is 374 g/mol. The number of nitrogens with zero attached hydrogens (tertiary/aromatic N) is 2. The number of aryl methyl sites for hydroxylation is 1. The number of benzene rings is 2. The normalized spacial score (nSPS) is 17.3. The molecule has 5 heteroatoms. The van der Waals surface area contributed by atoms with Crippen molar-refractivity contribution in [3.63, 3.8) is 0 Å². The molecule has 154 valence electrons. The Labute approximate surface area is 176 Å². The van der Waals surface area contributed by atoms with Gasteiger partial charge in [0.15, 0.2) is 0 Å². The van der Waals surface area contributed by atoms with Gasteiger partial charge in [0.05, 0.1) is 6.61 Å². The van der Waals surface area contributed by atoms with Gasteiger partial charge in [0.2, 0.25) is 0 Å². The molecule has 2 aromatic carbocycles. The van der Waals surface area contributed by atoms with Crippen LogP contribution in [0.4, 0.5) is 10.6 Å². The van der Waals surface area contributed by atoms with E-state index in [9.17, 15) is 4.79 Å². The van der Waals surface area contributed by atoms with Crippen molar-refractivity contribution in [3.8, 4) is 11.1 Å². The Morgan fingerprint density at radius 2 is 1.97 bits per heavy atom. The Balaban J connectivity index is 1.45. The maximum atomic E-state index is 12.1. The molecule has 0 saturated carbocycles. The molecular formula is C25H27N3O2. The van der Waals surface area contributed by atoms with Crippen molar-refractivity contribution in [2.75, 3.05) is 25.4 Å². The highest BCUT2D eigenvalue weighted by atomic mass is 16.6. The van der Waals surface area contributed by atoms with E-state index >= 15 is 0 Å². The lowest BCUT2D eigenvalue weighted by atomic mass is 9.73. The van der Waals surface area contributed by atoms with Gasteiger partial charge in [-0.3, -0.25) is 0 Å². The number of ether oxygens (including phenoxy) is 1. The van der Waals surface area contributed by atoms with E-state index in [1.807, 2.05) is 24.0 Å². The average molecular weight is 402 g/mol. The van der Waals surface area contributed by atoms with Crippen molar-refractivity contribution in [1.29, 1.82) is 0 Å². The number of carbonyl (C=O) groups is 1. The highest BCUT2D eigenvalue weighted by Crippen LogP contribution is 2.47. The van der Waals surface area contributed by atoms with Gasteiger partial charge >= 0.3 is 6.09 Å². The molecule has 1 aromatic heterocycles. The zero-order chi connectivity index (χ0) is 20.7. The Kier molecular flexibility index (Phi) is 4.61. The Morgan fingerprint density at radius 3 is 2.77 bits per heavy atom. The minimum Gasteiger partial charge on any atom is -0.450 e. The van der Waals surface area contributed by atoms with Crippen LogP contribution in [0, 0.1) is 0 Å². The number of hydrogen-bond donors (Lipinski definition) is 1. The highest BCUT2D eigenvalue weighted by Gasteiger charge is 2.42. The van der Waals surface area contributed by atoms with Gasteiger partial charge in [0.25, 0.3) is 0 Å². The Hall–Kier alpha value is -3.08. The number of hydrogen-bond acceptors (Lipinski definition) is 4. The summed E-state index contributed by atoms with van der Waals surface area (Å²) in [7, 11) is 0. The summed E-state index contributed by atoms with van der Waals surface area (Å²) in [6.07, 6.45) is 5.88. The summed E-state index contributed by atoms with van der Waals surface area (Å²) < 4.78 is 5.18. The number of nitrogens with two attached hydrogens (primary N) is 1. The van der Waals surface area contributed by atoms with Crippen molar-refractivity contribution in [1.82, 2.24) is 9.88 Å². The molecule has 0 radical (unpaired) electrons. The molecule has 3 aromatic rings. The number of carbonyl (C=O) groups excluding carboxylic acids is 1. The molecule has 1 spiro atoms. The maximum absolute atomic E-state index is 12.1. The molecule has 2 heterocycles. The number of piperidine rings is 1. The van der Waals surface area contributed by atoms with Crippen LogP contribution >= 0.6 is 0 Å². The van der Waals surface area contributed by atoms with Crippen LogP contribution in [0.15, 0.2) is 48.7 Å². The molecule has 0 atom stereocenters. The van der Waals surface area contributed by atoms with E-state index in [4.69, 9.17) is 10.5 Å². The SMILES string of the molecule is CCOC(=O)N1CCC2(CCc3cc(-c4cccc5c(N)nccc45)ccc32)CC1. The zero-order valence-electron chi connectivity index (χ0n) is 17.4. The van der Waals surface area contributed by atoms with Gasteiger partial charge in [-0.05, 0) is 71.7 Å². The summed E-state index contributed by atoms with van der Waals surface area (Å²) in [5.41, 5.74) is 11.6. The standard InChI is InChI=1S/C25H27N3O2/c1-2-30-24(29)28-14-11-25(12-15-28)10-8-18-16-17(6-7-22(18)25)19-4-3-5-21-20(19)9-13-27-23(21)26/h3-7,9,13,16H,2,8,10-12,14-15H2,1H3,(H2,26,27). The van der Waals surface area contributed by atoms with E-state index in [-0.39, 0.29) is 11.5 Å². The third-order valence-corrected chi connectivity index (χ3v) is 6.94. The molecule has 1 aliphatic heterocycles. The first kappa shape index (κ1) is 18.9. The van der Waals surface area contributed by atoms with Gasteiger partial charge in [-0.1, -0.05) is 36.4 Å². The fourth-order valence-electron chi connectivity index (χ4n) is 5.33. The van der Waals surface area contributed by atoms with Crippen LogP contribution in [0.1, 0.15) is 37.3 Å². The van der Waals surface area contributed by atoms with Crippen LogP contribution in [0.25, 0.3) is 21.9 Å². The van der Waals surface area contributed by atoms with Crippen LogP contribution in [0.5, 0.6) is 0 Å². The second kappa shape index (κ2) is 7.31. The van der Waals surface area contributed by atoms with Gasteiger partial charge in [-0.25, -0.2) is 9.78 Å². The number of amides is 1. The molecule has 5 nitrogen and oxygen atoms in total. The van der Waals surface area contributed by atoms with Gasteiger partial charge in [-0.15, -0.1) is 0 Å². The largest absolute Gasteiger partial charge is 0.450 e. The van der Waals surface area contributed by atoms with E-state index in [2.05, 4.69) is 35.3 Å². The topological polar surface area (TPSA) is 68.5 Å². The second-order valence-corrected chi connectivity index (χ2v) is 8.44. The maximum Gasteiger partial charge on any atom is 0.409 e. The molecule has 1 aliphatic carbocycles. The Bertz CT molecular complexity index is 1120. The van der Waals surface area contributed by atoms with E-state index in [1.54, 1.807) is 6.20 Å². The molecule has 5 rings (SSSR count). The van der Waals surface area contributed by atoms with Crippen molar-refractivity contribution >= 4 is 22.7 Å². The predicted molar refractivity (Wildman–Crippen MR) is 119 cm³/mol. The van der Waals surface area contributed by atoms with Crippen molar-refractivity contribution in [3.05, 3.63) is 59.8 Å². The van der Waals surface area contributed by atoms with Crippen LogP contribution in [0.3, 0.4) is 0 Å². The summed E-state index contributed by atoms with van der Waals surface area (Å²) in [4.78, 5) is 18.2. The number of fused-ring (bicyclic) bond motifs is 3. The van der Waals surface area contributed by atoms with Crippen LogP contribution in [-0.4, -0.2) is 35.7 Å². The first-order chi connectivity index (χ1) is 14.6. The summed E-state index contributed by atoms with van der Waals surface area (Å²) in [6.45, 7) is 3.84. The molecule has 0 bridgehead atoms. The zero-order valence-corrected chi connectivity index (χ0v) is 17.4. The molecule has 30 heavy (non-hydrogen) atoms. The first-order valence-electron chi connectivity index (χ1n) is 10.8. The summed E-state index contributed by atoms with van der Waals surface area (Å²) >= 11 is 0. The lowest BCUT2D eigenvalue weighted by molar-refractivity contribution is 0.0862. The lowest BCUT2D eigenvalue weighted by Gasteiger charge is -2.39. The average Bonchev–Trinajstić information content (AvgIpc) is 3.12. The van der Waals surface area contributed by atoms with Crippen LogP contribution in [0.2, 0.25) is 0 Å². The van der Waals surface area contributed by atoms with Crippen molar-refractivity contribution < 1.29 is 9.53 Å². The molecule has 1 amide bonds. The number of nitrogen functional groups attached to an aromatic ring is 1. The van der Waals surface area contributed by atoms with E-state index in [1.165, 1.54) is 22.3 Å². The second-order valence-electron chi connectivity index (χ2n) is 8.44. The smallest absolute Gasteiger partial charge is 0.409 e. The number of anilines is 1. The van der Waals surface area contributed by atoms with E-state index in [0.29, 0.717) is 12.4 Å². The fraction of sp³-hybridized carbons (Fsp3) is 0.360. The minimum atomic E-state index is -0.175. The number of likely N-dealkylation sites (tertiary alicyclic amines) is 1. The third kappa shape index (κ3) is 3.00. The minimum absolute atomic E-state index is 0.175. The van der Waals surface area contributed by atoms with Gasteiger partial charge in [0, 0.05) is 24.7 Å². The molecule has 1 saturated heterocycles. The predicted octanol–water partition coefficient (Wildman–Crippen LogP) is 4.92. The first-order valence-corrected chi connectivity index (χ1v) is 10.8. The summed E-state index contributed by atoms with van der Waals surface area (Å²) in [5.74, 6) is 0.572. The molecule has 2 N–H and O–H groups in total. The van der Waals surface area contributed by atoms with E-state index < -0.39 is 0 Å². The third-order valence-electron chi connectivity index (χ3n) is 6.94. The Morgan fingerprint density at radius 1 is 1.13 bits per heavy atom. The molecule has 1 fully saturated rings. The van der Waals surface area contributed by atoms with Crippen LogP contribution in [-0.2, 0) is 16.6 Å². The quantitative estimate of drug-likeness (QED) is 0.662. The van der Waals surface area contributed by atoms with E-state index in [0.717, 1.165) is 49.5 Å². The van der Waals surface area contributed by atoms with Crippen molar-refractivity contribution in [2.45, 2.75) is 38.0 Å². The molecule has 2 aliphatic rings. The molecule has 0 unspecified atom stereocenters. The van der Waals surface area contributed by atoms with Gasteiger partial charge < -0.3 is 15.4 Å². The lowest BCUT2D eigenvalue weighted by Crippen LogP contribution is -2.44. The summed E-state index contributed by atoms with van der Waals surface area (Å²) in [6, 6.07) is 15.2. The fourth-order valence-corrected chi connectivity index (χ4v) is 5.33. The number of pyridine rings is 1. The van der Waals surface area contributed by atoms with Crippen molar-refractivity contribution in [2.24, 2.45) is 0 Å². The van der Waals surface area contributed by atoms with Crippen LogP contribution < -0.4 is 5.73 Å².